The van der Waals surface area contributed by atoms with Gasteiger partial charge in [0, 0.05) is 19.6 Å². The highest BCUT2D eigenvalue weighted by atomic mass is 15.2. The molecule has 0 aromatic rings. The first-order valence-corrected chi connectivity index (χ1v) is 5.43. The quantitative estimate of drug-likeness (QED) is 0.174. The molecule has 3 N–H and O–H groups in total. The van der Waals surface area contributed by atoms with Crippen molar-refractivity contribution in [3.8, 4) is 6.19 Å². The van der Waals surface area contributed by atoms with Gasteiger partial charge in [-0.2, -0.15) is 5.26 Å². The Balaban J connectivity index is 3.82. The lowest BCUT2D eigenvalue weighted by atomic mass is 10.4. The second-order valence-corrected chi connectivity index (χ2v) is 3.65. The molecule has 0 aliphatic heterocycles. The molecule has 0 saturated heterocycles. The minimum absolute atomic E-state index is 0.556. The van der Waals surface area contributed by atoms with E-state index < -0.39 is 0 Å². The molecule has 0 saturated carbocycles. The lowest BCUT2D eigenvalue weighted by Gasteiger charge is -2.11. The average molecular weight is 226 g/mol. The number of nitriles is 1. The van der Waals surface area contributed by atoms with Gasteiger partial charge in [-0.15, -0.1) is 0 Å². The predicted molar refractivity (Wildman–Crippen MR) is 66.2 cm³/mol. The van der Waals surface area contributed by atoms with E-state index in [1.807, 2.05) is 27.3 Å². The molecule has 0 aromatic heterocycles. The number of hydrogen-bond donors (Lipinski definition) is 3. The monoisotopic (exact) mass is 226 g/mol. The molecule has 6 nitrogen and oxygen atoms in total. The Morgan fingerprint density at radius 1 is 1.38 bits per heavy atom. The van der Waals surface area contributed by atoms with Crippen LogP contribution in [0.4, 0.5) is 0 Å². The van der Waals surface area contributed by atoms with Crippen molar-refractivity contribution in [2.45, 2.75) is 6.42 Å². The fraction of sp³-hybridized carbons (Fsp3) is 0.800. The molecule has 0 fully saturated rings. The zero-order valence-corrected chi connectivity index (χ0v) is 10.4. The first-order chi connectivity index (χ1) is 7.70. The Labute approximate surface area is 97.7 Å². The van der Waals surface area contributed by atoms with Gasteiger partial charge >= 0.3 is 0 Å². The summed E-state index contributed by atoms with van der Waals surface area (Å²) in [5.74, 6) is 0.556. The molecule has 0 aromatic carbocycles. The maximum atomic E-state index is 8.54. The van der Waals surface area contributed by atoms with Gasteiger partial charge in [0.15, 0.2) is 6.19 Å². The molecule has 0 unspecified atom stereocenters. The lowest BCUT2D eigenvalue weighted by molar-refractivity contribution is 0.412. The second kappa shape index (κ2) is 10.2. The van der Waals surface area contributed by atoms with Crippen molar-refractivity contribution in [3.05, 3.63) is 0 Å². The van der Waals surface area contributed by atoms with E-state index in [0.717, 1.165) is 26.1 Å². The van der Waals surface area contributed by atoms with E-state index in [2.05, 4.69) is 25.8 Å². The largest absolute Gasteiger partial charge is 0.354 e. The van der Waals surface area contributed by atoms with Crippen LogP contribution in [0.2, 0.25) is 0 Å². The lowest BCUT2D eigenvalue weighted by Crippen LogP contribution is -2.38. The molecule has 0 amide bonds. The normalized spacial score (nSPS) is 11.3. The Morgan fingerprint density at radius 3 is 2.69 bits per heavy atom. The summed E-state index contributed by atoms with van der Waals surface area (Å²) in [5, 5.41) is 17.2. The summed E-state index contributed by atoms with van der Waals surface area (Å²) in [5.41, 5.74) is 0. The number of nitrogens with zero attached hydrogens (tertiary/aromatic N) is 3. The summed E-state index contributed by atoms with van der Waals surface area (Å²) in [6.45, 7) is 3.32. The molecule has 6 heteroatoms. The van der Waals surface area contributed by atoms with Crippen LogP contribution in [0.3, 0.4) is 0 Å². The molecular weight excluding hydrogens is 204 g/mol. The van der Waals surface area contributed by atoms with E-state index in [4.69, 9.17) is 5.26 Å². The van der Waals surface area contributed by atoms with Crippen LogP contribution in [0.5, 0.6) is 0 Å². The van der Waals surface area contributed by atoms with Gasteiger partial charge in [0.2, 0.25) is 5.96 Å². The van der Waals surface area contributed by atoms with E-state index in [0.29, 0.717) is 12.5 Å². The van der Waals surface area contributed by atoms with Crippen LogP contribution in [0.25, 0.3) is 0 Å². The van der Waals surface area contributed by atoms with Gasteiger partial charge in [-0.1, -0.05) is 0 Å². The number of hydrogen-bond acceptors (Lipinski definition) is 4. The van der Waals surface area contributed by atoms with Crippen LogP contribution >= 0.6 is 0 Å². The fourth-order valence-electron chi connectivity index (χ4n) is 1.04. The highest BCUT2D eigenvalue weighted by Gasteiger charge is 1.96. The van der Waals surface area contributed by atoms with Crippen LogP contribution in [0.15, 0.2) is 4.99 Å². The first kappa shape index (κ1) is 14.7. The van der Waals surface area contributed by atoms with Crippen LogP contribution in [0, 0.1) is 11.5 Å². The van der Waals surface area contributed by atoms with Crippen LogP contribution in [-0.4, -0.2) is 58.2 Å². The van der Waals surface area contributed by atoms with Crippen molar-refractivity contribution in [3.63, 3.8) is 0 Å². The summed E-state index contributed by atoms with van der Waals surface area (Å²) >= 11 is 0. The minimum atomic E-state index is 0.556. The van der Waals surface area contributed by atoms with Crippen molar-refractivity contribution < 1.29 is 0 Å². The van der Waals surface area contributed by atoms with Gasteiger partial charge in [0.05, 0.1) is 0 Å². The van der Waals surface area contributed by atoms with Crippen molar-refractivity contribution in [2.75, 3.05) is 47.3 Å². The maximum Gasteiger partial charge on any atom is 0.204 e. The van der Waals surface area contributed by atoms with E-state index in [1.54, 1.807) is 0 Å². The molecule has 0 aliphatic rings. The summed E-state index contributed by atoms with van der Waals surface area (Å²) in [6, 6.07) is 0. The molecule has 0 heterocycles. The zero-order chi connectivity index (χ0) is 12.2. The van der Waals surface area contributed by atoms with Crippen molar-refractivity contribution in [1.29, 1.82) is 5.26 Å². The number of nitrogens with one attached hydrogen (secondary N) is 3. The summed E-state index contributed by atoms with van der Waals surface area (Å²) in [4.78, 5) is 6.33. The Kier molecular flexibility index (Phi) is 9.36. The molecule has 0 aliphatic carbocycles. The zero-order valence-electron chi connectivity index (χ0n) is 10.4. The molecule has 0 radical (unpaired) electrons. The first-order valence-electron chi connectivity index (χ1n) is 5.43. The number of guanidine groups is 1. The minimum Gasteiger partial charge on any atom is -0.354 e. The molecule has 92 valence electrons. The van der Waals surface area contributed by atoms with Gasteiger partial charge in [0.25, 0.3) is 0 Å². The van der Waals surface area contributed by atoms with Crippen LogP contribution < -0.4 is 16.0 Å². The van der Waals surface area contributed by atoms with Gasteiger partial charge < -0.3 is 15.5 Å². The van der Waals surface area contributed by atoms with E-state index in [1.165, 1.54) is 0 Å². The number of rotatable bonds is 7. The van der Waals surface area contributed by atoms with Crippen LogP contribution in [0.1, 0.15) is 6.42 Å². The highest BCUT2D eigenvalue weighted by Crippen LogP contribution is 1.80. The van der Waals surface area contributed by atoms with Gasteiger partial charge in [-0.3, -0.25) is 10.3 Å². The van der Waals surface area contributed by atoms with Gasteiger partial charge in [-0.25, -0.2) is 0 Å². The fourth-order valence-corrected chi connectivity index (χ4v) is 1.04. The molecule has 16 heavy (non-hydrogen) atoms. The molecule has 0 spiro atoms. The van der Waals surface area contributed by atoms with Gasteiger partial charge in [-0.05, 0) is 34.1 Å². The highest BCUT2D eigenvalue weighted by molar-refractivity contribution is 5.81. The number of aliphatic imine (C=N–C) groups is 1. The third kappa shape index (κ3) is 9.24. The molecule has 0 bridgehead atoms. The van der Waals surface area contributed by atoms with Crippen molar-refractivity contribution in [1.82, 2.24) is 20.9 Å². The Morgan fingerprint density at radius 2 is 2.12 bits per heavy atom. The van der Waals surface area contributed by atoms with Crippen LogP contribution in [-0.2, 0) is 0 Å². The third-order valence-electron chi connectivity index (χ3n) is 1.88. The predicted octanol–water partition coefficient (Wildman–Crippen LogP) is -0.826. The number of likely N-dealkylation sites (N-methyl/N-ethyl adjacent to an activating group) is 1. The Hall–Kier alpha value is -1.32. The van der Waals surface area contributed by atoms with E-state index in [-0.39, 0.29) is 0 Å². The molecule has 0 rings (SSSR count). The standard InChI is InChI=1S/C10H22N6/c1-12-5-4-6-13-10(15-9-11)14-7-8-16(2)3/h12H,4-8H2,1-3H3,(H2,13,14,15). The summed E-state index contributed by atoms with van der Waals surface area (Å²) in [7, 11) is 5.92. The van der Waals surface area contributed by atoms with Crippen molar-refractivity contribution in [2.24, 2.45) is 4.99 Å². The SMILES string of the molecule is CNCCCN=C(NC#N)NCCN(C)C. The maximum absolute atomic E-state index is 8.54. The summed E-state index contributed by atoms with van der Waals surface area (Å²) < 4.78 is 0. The summed E-state index contributed by atoms with van der Waals surface area (Å²) in [6.07, 6.45) is 2.84. The third-order valence-corrected chi connectivity index (χ3v) is 1.88. The van der Waals surface area contributed by atoms with Crippen molar-refractivity contribution >= 4 is 5.96 Å². The molecule has 0 atom stereocenters. The van der Waals surface area contributed by atoms with E-state index >= 15 is 0 Å². The topological polar surface area (TPSA) is 75.5 Å². The Bertz CT molecular complexity index is 230. The average Bonchev–Trinajstić information content (AvgIpc) is 2.23. The second-order valence-electron chi connectivity index (χ2n) is 3.65. The smallest absolute Gasteiger partial charge is 0.204 e. The molecular formula is C10H22N6. The van der Waals surface area contributed by atoms with E-state index in [9.17, 15) is 0 Å². The van der Waals surface area contributed by atoms with Gasteiger partial charge in [0.1, 0.15) is 0 Å².